The third kappa shape index (κ3) is 2.97. The Balaban J connectivity index is 1.45. The van der Waals surface area contributed by atoms with Crippen LogP contribution >= 0.6 is 0 Å². The summed E-state index contributed by atoms with van der Waals surface area (Å²) < 4.78 is 3.22. The molecule has 29 heavy (non-hydrogen) atoms. The van der Waals surface area contributed by atoms with Crippen LogP contribution in [0, 0.1) is 5.41 Å². The Labute approximate surface area is 168 Å². The summed E-state index contributed by atoms with van der Waals surface area (Å²) in [5.41, 5.74) is 2.83. The zero-order chi connectivity index (χ0) is 19.8. The Kier molecular flexibility index (Phi) is 4.31. The molecule has 8 heteroatoms. The average Bonchev–Trinajstić information content (AvgIpc) is 3.39. The highest BCUT2D eigenvalue weighted by Gasteiger charge is 2.26. The van der Waals surface area contributed by atoms with E-state index in [1.165, 1.54) is 10.3 Å². The summed E-state index contributed by atoms with van der Waals surface area (Å²) in [6, 6.07) is 17.7. The maximum Gasteiger partial charge on any atom is 0.331 e. The Morgan fingerprint density at radius 1 is 0.931 bits per heavy atom. The van der Waals surface area contributed by atoms with Crippen LogP contribution in [0.4, 0.5) is 10.5 Å². The van der Waals surface area contributed by atoms with Gasteiger partial charge in [0.2, 0.25) is 11.6 Å². The molecule has 0 saturated carbocycles. The topological polar surface area (TPSA) is 81.7 Å². The van der Waals surface area contributed by atoms with Gasteiger partial charge in [-0.1, -0.05) is 30.3 Å². The van der Waals surface area contributed by atoms with Crippen molar-refractivity contribution in [3.63, 3.8) is 0 Å². The van der Waals surface area contributed by atoms with Crippen LogP contribution < -0.4 is 15.8 Å². The second-order valence-electron chi connectivity index (χ2n) is 7.21. The van der Waals surface area contributed by atoms with Gasteiger partial charge >= 0.3 is 6.03 Å². The number of imidazole rings is 1. The summed E-state index contributed by atoms with van der Waals surface area (Å²) in [7, 11) is 0. The summed E-state index contributed by atoms with van der Waals surface area (Å²) in [4.78, 5) is 22.0. The number of fused-ring (bicyclic) bond motifs is 1. The van der Waals surface area contributed by atoms with Crippen LogP contribution in [0.3, 0.4) is 0 Å². The van der Waals surface area contributed by atoms with E-state index < -0.39 is 0 Å². The summed E-state index contributed by atoms with van der Waals surface area (Å²) >= 11 is 0. The first-order valence-corrected chi connectivity index (χ1v) is 9.89. The number of carbonyl (C=O) groups excluding carboxylic acids is 1. The van der Waals surface area contributed by atoms with E-state index in [0.717, 1.165) is 30.7 Å². The van der Waals surface area contributed by atoms with E-state index in [9.17, 15) is 4.79 Å². The van der Waals surface area contributed by atoms with Gasteiger partial charge in [0.25, 0.3) is 0 Å². The summed E-state index contributed by atoms with van der Waals surface area (Å²) in [5, 5.41) is 11.9. The lowest BCUT2D eigenvalue weighted by Gasteiger charge is -2.36. The molecule has 0 spiro atoms. The molecule has 2 N–H and O–H groups in total. The maximum atomic E-state index is 13.4. The minimum absolute atomic E-state index is 0.120. The number of hydrogen-bond donors (Lipinski definition) is 2. The lowest BCUT2D eigenvalue weighted by molar-refractivity contribution is 0.195. The highest BCUT2D eigenvalue weighted by molar-refractivity contribution is 5.97. The number of nitrogens with zero attached hydrogens (tertiary/aromatic N) is 5. The molecule has 2 aromatic carbocycles. The van der Waals surface area contributed by atoms with Crippen molar-refractivity contribution in [1.29, 1.82) is 5.41 Å². The van der Waals surface area contributed by atoms with Gasteiger partial charge < -0.3 is 15.1 Å². The number of piperazine rings is 1. The number of aliphatic imine (C=N–C) groups is 1. The molecule has 0 atom stereocenters. The van der Waals surface area contributed by atoms with Gasteiger partial charge in [0.15, 0.2) is 0 Å². The van der Waals surface area contributed by atoms with Crippen LogP contribution in [0.25, 0.3) is 11.0 Å². The fraction of sp³-hybridized carbons (Fsp3) is 0.286. The van der Waals surface area contributed by atoms with Crippen LogP contribution in [0.5, 0.6) is 0 Å². The second kappa shape index (κ2) is 7.12. The number of benzene rings is 2. The standard InChI is InChI=1S/C21H23N7O/c22-19-27(20-23-10-11-24-20)17-8-4-5-9-18(17)28(19)21(29)26-14-12-25(13-15-26)16-6-2-1-3-7-16/h1-9,22H,10-15H2,(H,23,24). The van der Waals surface area contributed by atoms with Crippen molar-refractivity contribution in [2.45, 2.75) is 0 Å². The highest BCUT2D eigenvalue weighted by atomic mass is 16.2. The Morgan fingerprint density at radius 2 is 1.62 bits per heavy atom. The van der Waals surface area contributed by atoms with Crippen molar-refractivity contribution < 1.29 is 4.79 Å². The molecule has 1 fully saturated rings. The van der Waals surface area contributed by atoms with Crippen molar-refractivity contribution in [1.82, 2.24) is 19.4 Å². The molecule has 148 valence electrons. The molecular formula is C21H23N7O. The molecule has 0 bridgehead atoms. The van der Waals surface area contributed by atoms with Crippen LogP contribution in [0.1, 0.15) is 0 Å². The van der Waals surface area contributed by atoms with Crippen molar-refractivity contribution in [2.75, 3.05) is 44.2 Å². The van der Waals surface area contributed by atoms with E-state index >= 15 is 0 Å². The molecule has 0 aliphatic carbocycles. The number of aromatic nitrogens is 2. The van der Waals surface area contributed by atoms with Crippen LogP contribution in [0.15, 0.2) is 59.6 Å². The minimum Gasteiger partial charge on any atom is -0.368 e. The number of hydrogen-bond acceptors (Lipinski definition) is 5. The quantitative estimate of drug-likeness (QED) is 0.662. The summed E-state index contributed by atoms with van der Waals surface area (Å²) in [5.74, 6) is 0.631. The molecule has 0 radical (unpaired) electrons. The van der Waals surface area contributed by atoms with E-state index in [1.807, 2.05) is 47.4 Å². The number of nitrogens with one attached hydrogen (secondary N) is 2. The largest absolute Gasteiger partial charge is 0.368 e. The van der Waals surface area contributed by atoms with Gasteiger partial charge in [-0.3, -0.25) is 10.4 Å². The van der Waals surface area contributed by atoms with E-state index in [1.54, 1.807) is 4.57 Å². The Morgan fingerprint density at radius 3 is 2.31 bits per heavy atom. The maximum absolute atomic E-state index is 13.4. The fourth-order valence-electron chi connectivity index (χ4n) is 4.05. The van der Waals surface area contributed by atoms with E-state index in [0.29, 0.717) is 25.6 Å². The van der Waals surface area contributed by atoms with Gasteiger partial charge in [-0.15, -0.1) is 0 Å². The predicted molar refractivity (Wildman–Crippen MR) is 113 cm³/mol. The molecule has 1 amide bonds. The number of para-hydroxylation sites is 3. The first-order chi connectivity index (χ1) is 14.2. The molecule has 3 aromatic rings. The Hall–Kier alpha value is -3.55. The summed E-state index contributed by atoms with van der Waals surface area (Å²) in [6.07, 6.45) is 0. The van der Waals surface area contributed by atoms with Gasteiger partial charge in [-0.25, -0.2) is 13.9 Å². The SMILES string of the molecule is N=c1n(C(=O)N2CCN(c3ccccc3)CC2)c2ccccc2n1C1=NCCN1. The van der Waals surface area contributed by atoms with Crippen molar-refractivity contribution in [3.8, 4) is 0 Å². The van der Waals surface area contributed by atoms with Crippen molar-refractivity contribution in [3.05, 3.63) is 60.2 Å². The lowest BCUT2D eigenvalue weighted by Crippen LogP contribution is -2.51. The van der Waals surface area contributed by atoms with Crippen LogP contribution in [-0.4, -0.2) is 65.3 Å². The molecule has 2 aliphatic heterocycles. The number of anilines is 1. The van der Waals surface area contributed by atoms with Gasteiger partial charge in [-0.2, -0.15) is 0 Å². The van der Waals surface area contributed by atoms with Gasteiger partial charge in [0, 0.05) is 38.4 Å². The summed E-state index contributed by atoms with van der Waals surface area (Å²) in [6.45, 7) is 4.22. The normalized spacial score (nSPS) is 16.8. The predicted octanol–water partition coefficient (Wildman–Crippen LogP) is 1.52. The first kappa shape index (κ1) is 17.5. The van der Waals surface area contributed by atoms with Crippen LogP contribution in [-0.2, 0) is 0 Å². The zero-order valence-electron chi connectivity index (χ0n) is 16.1. The smallest absolute Gasteiger partial charge is 0.331 e. The third-order valence-corrected chi connectivity index (χ3v) is 5.52. The highest BCUT2D eigenvalue weighted by Crippen LogP contribution is 2.18. The van der Waals surface area contributed by atoms with Gasteiger partial charge in [-0.05, 0) is 24.3 Å². The second-order valence-corrected chi connectivity index (χ2v) is 7.21. The van der Waals surface area contributed by atoms with E-state index in [2.05, 4.69) is 27.3 Å². The zero-order valence-corrected chi connectivity index (χ0v) is 16.1. The number of amides is 1. The third-order valence-electron chi connectivity index (χ3n) is 5.52. The minimum atomic E-state index is -0.156. The lowest BCUT2D eigenvalue weighted by atomic mass is 10.2. The average molecular weight is 389 g/mol. The van der Waals surface area contributed by atoms with Gasteiger partial charge in [0.1, 0.15) is 0 Å². The molecule has 8 nitrogen and oxygen atoms in total. The Bertz CT molecular complexity index is 1140. The number of carbonyl (C=O) groups is 1. The van der Waals surface area contributed by atoms with Gasteiger partial charge in [0.05, 0.1) is 17.6 Å². The molecule has 1 saturated heterocycles. The van der Waals surface area contributed by atoms with E-state index in [-0.39, 0.29) is 11.6 Å². The van der Waals surface area contributed by atoms with E-state index in [4.69, 9.17) is 5.41 Å². The molecular weight excluding hydrogens is 366 g/mol. The molecule has 1 aromatic heterocycles. The monoisotopic (exact) mass is 389 g/mol. The molecule has 0 unspecified atom stereocenters. The molecule has 3 heterocycles. The fourth-order valence-corrected chi connectivity index (χ4v) is 4.05. The first-order valence-electron chi connectivity index (χ1n) is 9.89. The molecule has 2 aliphatic rings. The van der Waals surface area contributed by atoms with Crippen molar-refractivity contribution >= 4 is 28.7 Å². The van der Waals surface area contributed by atoms with Crippen molar-refractivity contribution in [2.24, 2.45) is 4.99 Å². The number of rotatable bonds is 1. The molecule has 5 rings (SSSR count). The van der Waals surface area contributed by atoms with Crippen LogP contribution in [0.2, 0.25) is 0 Å².